The fraction of sp³-hybridized carbons (Fsp3) is 0.0213. The molecule has 0 spiro atoms. The van der Waals surface area contributed by atoms with Crippen LogP contribution in [0.3, 0.4) is 0 Å². The van der Waals surface area contributed by atoms with Crippen molar-refractivity contribution < 1.29 is 4.74 Å². The molecular weight excluding hydrogens is 595 g/mol. The van der Waals surface area contributed by atoms with Gasteiger partial charge in [0.25, 0.3) is 0 Å². The number of anilines is 3. The van der Waals surface area contributed by atoms with Gasteiger partial charge in [-0.05, 0) is 86.8 Å². The van der Waals surface area contributed by atoms with Gasteiger partial charge in [-0.1, -0.05) is 146 Å². The van der Waals surface area contributed by atoms with E-state index < -0.39 is 0 Å². The third-order valence-corrected chi connectivity index (χ3v) is 9.51. The maximum absolute atomic E-state index is 6.82. The maximum Gasteiger partial charge on any atom is 0.139 e. The van der Waals surface area contributed by atoms with Crippen LogP contribution in [0.4, 0.5) is 17.1 Å². The first-order chi connectivity index (χ1) is 24.3. The van der Waals surface area contributed by atoms with E-state index in [1.807, 2.05) is 0 Å². The van der Waals surface area contributed by atoms with Crippen LogP contribution < -0.4 is 9.64 Å². The van der Waals surface area contributed by atoms with Gasteiger partial charge in [0.05, 0.1) is 0 Å². The van der Waals surface area contributed by atoms with Crippen LogP contribution >= 0.6 is 0 Å². The van der Waals surface area contributed by atoms with E-state index in [2.05, 4.69) is 193 Å². The van der Waals surface area contributed by atoms with Crippen molar-refractivity contribution in [3.05, 3.63) is 199 Å². The summed E-state index contributed by atoms with van der Waals surface area (Å²) in [6.45, 7) is 0. The molecule has 1 heterocycles. The summed E-state index contributed by atoms with van der Waals surface area (Å²) in [6, 6.07) is 66.9. The van der Waals surface area contributed by atoms with Gasteiger partial charge in [0, 0.05) is 34.4 Å². The molecule has 232 valence electrons. The molecule has 8 aromatic rings. The standard InChI is InChI=1S/C47H33NO/c1-4-11-34(12-5-1)36-23-25-37(26-24-36)35-21-19-33(20-22-35)31-39-28-27-38-13-10-18-43-44-32-42(29-30-45(44)49-47(39)46(38)43)48(40-14-6-2-7-15-40)41-16-8-3-9-17-41/h1-30,32H,31H2. The third-order valence-electron chi connectivity index (χ3n) is 9.51. The summed E-state index contributed by atoms with van der Waals surface area (Å²) >= 11 is 0. The van der Waals surface area contributed by atoms with Gasteiger partial charge >= 0.3 is 0 Å². The fourth-order valence-corrected chi connectivity index (χ4v) is 7.06. The molecule has 1 aliphatic heterocycles. The van der Waals surface area contributed by atoms with Crippen LogP contribution in [0.2, 0.25) is 0 Å². The number of rotatable bonds is 7. The average Bonchev–Trinajstić information content (AvgIpc) is 3.18. The molecule has 0 fully saturated rings. The minimum absolute atomic E-state index is 0.788. The molecule has 0 atom stereocenters. The smallest absolute Gasteiger partial charge is 0.139 e. The number of benzene rings is 8. The molecule has 0 bridgehead atoms. The van der Waals surface area contributed by atoms with Gasteiger partial charge in [0.1, 0.15) is 11.5 Å². The highest BCUT2D eigenvalue weighted by molar-refractivity contribution is 6.05. The minimum atomic E-state index is 0.788. The van der Waals surface area contributed by atoms with Crippen LogP contribution in [0.15, 0.2) is 188 Å². The Morgan fingerprint density at radius 3 is 1.61 bits per heavy atom. The highest BCUT2D eigenvalue weighted by atomic mass is 16.5. The Labute approximate surface area is 287 Å². The van der Waals surface area contributed by atoms with Crippen LogP contribution in [0.5, 0.6) is 11.5 Å². The predicted octanol–water partition coefficient (Wildman–Crippen LogP) is 13.0. The van der Waals surface area contributed by atoms with Gasteiger partial charge < -0.3 is 9.64 Å². The zero-order valence-electron chi connectivity index (χ0n) is 27.0. The Kier molecular flexibility index (Phi) is 7.25. The van der Waals surface area contributed by atoms with Crippen molar-refractivity contribution in [1.82, 2.24) is 0 Å². The second-order valence-electron chi connectivity index (χ2n) is 12.6. The molecule has 0 N–H and O–H groups in total. The summed E-state index contributed by atoms with van der Waals surface area (Å²) in [5, 5.41) is 2.36. The molecule has 0 radical (unpaired) electrons. The van der Waals surface area contributed by atoms with E-state index in [1.54, 1.807) is 0 Å². The molecule has 8 aromatic carbocycles. The lowest BCUT2D eigenvalue weighted by atomic mass is 9.91. The van der Waals surface area contributed by atoms with Crippen LogP contribution in [0.25, 0.3) is 44.2 Å². The first-order valence-electron chi connectivity index (χ1n) is 16.8. The zero-order valence-corrected chi connectivity index (χ0v) is 27.0. The van der Waals surface area contributed by atoms with Crippen molar-refractivity contribution in [3.63, 3.8) is 0 Å². The summed E-state index contributed by atoms with van der Waals surface area (Å²) in [4.78, 5) is 2.30. The number of fused-ring (bicyclic) bond motifs is 2. The number of hydrogen-bond donors (Lipinski definition) is 0. The van der Waals surface area contributed by atoms with Crippen LogP contribution in [0.1, 0.15) is 11.1 Å². The molecule has 0 amide bonds. The fourth-order valence-electron chi connectivity index (χ4n) is 7.06. The molecule has 0 unspecified atom stereocenters. The Bertz CT molecular complexity index is 2360. The summed E-state index contributed by atoms with van der Waals surface area (Å²) in [6.07, 6.45) is 0.788. The molecule has 9 rings (SSSR count). The van der Waals surface area contributed by atoms with E-state index in [9.17, 15) is 0 Å². The lowest BCUT2D eigenvalue weighted by molar-refractivity contribution is 0.482. The highest BCUT2D eigenvalue weighted by Crippen LogP contribution is 2.50. The molecule has 2 nitrogen and oxygen atoms in total. The van der Waals surface area contributed by atoms with Crippen molar-refractivity contribution in [2.45, 2.75) is 6.42 Å². The Morgan fingerprint density at radius 1 is 0.408 bits per heavy atom. The monoisotopic (exact) mass is 627 g/mol. The van der Waals surface area contributed by atoms with E-state index in [1.165, 1.54) is 49.7 Å². The van der Waals surface area contributed by atoms with Gasteiger partial charge in [0.15, 0.2) is 0 Å². The first-order valence-corrected chi connectivity index (χ1v) is 16.8. The second-order valence-corrected chi connectivity index (χ2v) is 12.6. The van der Waals surface area contributed by atoms with Crippen molar-refractivity contribution in [1.29, 1.82) is 0 Å². The quantitative estimate of drug-likeness (QED) is 0.174. The first kappa shape index (κ1) is 28.8. The Morgan fingerprint density at radius 2 is 0.980 bits per heavy atom. The SMILES string of the molecule is c1ccc(-c2ccc(-c3ccc(Cc4ccc5cccc6c5c4Oc4ccc(N(c5ccccc5)c5ccccc5)cc4-6)cc3)cc2)cc1. The second kappa shape index (κ2) is 12.3. The largest absolute Gasteiger partial charge is 0.456 e. The van der Waals surface area contributed by atoms with Gasteiger partial charge in [-0.25, -0.2) is 0 Å². The molecule has 49 heavy (non-hydrogen) atoms. The third kappa shape index (κ3) is 5.44. The van der Waals surface area contributed by atoms with Crippen molar-refractivity contribution in [3.8, 4) is 44.9 Å². The maximum atomic E-state index is 6.82. The predicted molar refractivity (Wildman–Crippen MR) is 204 cm³/mol. The van der Waals surface area contributed by atoms with E-state index >= 15 is 0 Å². The van der Waals surface area contributed by atoms with E-state index in [-0.39, 0.29) is 0 Å². The van der Waals surface area contributed by atoms with E-state index in [0.717, 1.165) is 40.5 Å². The van der Waals surface area contributed by atoms with Crippen molar-refractivity contribution in [2.24, 2.45) is 0 Å². The zero-order chi connectivity index (χ0) is 32.6. The molecule has 0 saturated carbocycles. The van der Waals surface area contributed by atoms with Crippen LogP contribution in [-0.4, -0.2) is 0 Å². The summed E-state index contributed by atoms with van der Waals surface area (Å²) in [7, 11) is 0. The Hall–Kier alpha value is -6.38. The van der Waals surface area contributed by atoms with Crippen molar-refractivity contribution >= 4 is 27.8 Å². The van der Waals surface area contributed by atoms with Gasteiger partial charge in [-0.2, -0.15) is 0 Å². The number of para-hydroxylation sites is 2. The number of hydrogen-bond acceptors (Lipinski definition) is 2. The van der Waals surface area contributed by atoms with Crippen LogP contribution in [0, 0.1) is 0 Å². The summed E-state index contributed by atoms with van der Waals surface area (Å²) < 4.78 is 6.82. The van der Waals surface area contributed by atoms with Crippen LogP contribution in [-0.2, 0) is 6.42 Å². The van der Waals surface area contributed by atoms with Gasteiger partial charge in [-0.15, -0.1) is 0 Å². The molecule has 0 saturated heterocycles. The minimum Gasteiger partial charge on any atom is -0.456 e. The summed E-state index contributed by atoms with van der Waals surface area (Å²) in [5.41, 5.74) is 13.0. The molecule has 2 heteroatoms. The van der Waals surface area contributed by atoms with Crippen molar-refractivity contribution in [2.75, 3.05) is 4.90 Å². The average molecular weight is 628 g/mol. The molecular formula is C47H33NO. The number of ether oxygens (including phenoxy) is 1. The van der Waals surface area contributed by atoms with E-state index in [4.69, 9.17) is 4.74 Å². The highest BCUT2D eigenvalue weighted by Gasteiger charge is 2.24. The molecule has 0 aromatic heterocycles. The lowest BCUT2D eigenvalue weighted by Crippen LogP contribution is -2.10. The molecule has 0 aliphatic carbocycles. The number of nitrogens with zero attached hydrogens (tertiary/aromatic N) is 1. The van der Waals surface area contributed by atoms with Gasteiger partial charge in [-0.3, -0.25) is 0 Å². The topological polar surface area (TPSA) is 12.5 Å². The normalized spacial score (nSPS) is 11.5. The summed E-state index contributed by atoms with van der Waals surface area (Å²) in [5.74, 6) is 1.84. The van der Waals surface area contributed by atoms with Gasteiger partial charge in [0.2, 0.25) is 0 Å². The molecule has 1 aliphatic rings. The van der Waals surface area contributed by atoms with E-state index in [0.29, 0.717) is 0 Å². The Balaban J connectivity index is 1.04. The lowest BCUT2D eigenvalue weighted by Gasteiger charge is -2.28.